The molecule has 2 heterocycles. The van der Waals surface area contributed by atoms with Gasteiger partial charge in [-0.3, -0.25) is 4.90 Å². The molecule has 3 aliphatic rings. The van der Waals surface area contributed by atoms with Crippen molar-refractivity contribution in [2.45, 2.75) is 77.0 Å². The second-order valence-electron chi connectivity index (χ2n) is 9.18. The number of carbonyl (C=O) groups excluding carboxylic acids is 1. The Morgan fingerprint density at radius 1 is 1.00 bits per heavy atom. The second-order valence-corrected chi connectivity index (χ2v) is 9.18. The molecule has 0 atom stereocenters. The molecular weight excluding hydrogens is 372 g/mol. The lowest BCUT2D eigenvalue weighted by atomic mass is 9.98. The minimum atomic E-state index is -0.841. The van der Waals surface area contributed by atoms with Crippen molar-refractivity contribution in [3.63, 3.8) is 0 Å². The number of ether oxygens (including phenoxy) is 2. The summed E-state index contributed by atoms with van der Waals surface area (Å²) in [5.41, 5.74) is -0.000855. The van der Waals surface area contributed by atoms with Crippen LogP contribution in [-0.4, -0.2) is 70.9 Å². The van der Waals surface area contributed by atoms with Crippen molar-refractivity contribution in [3.8, 4) is 0 Å². The van der Waals surface area contributed by atoms with E-state index in [-0.39, 0.29) is 12.2 Å². The number of aliphatic carboxylic acids is 1. The Balaban J connectivity index is 1.39. The molecule has 1 N–H and O–H groups in total. The normalized spacial score (nSPS) is 22.7. The molecule has 0 aromatic carbocycles. The summed E-state index contributed by atoms with van der Waals surface area (Å²) in [7, 11) is 0. The standard InChI is InChI=1S/C22H34N2O5/c1-22(2,3)29-21(27)24-12-8-17(9-13-24)23-14-10-19(11-15-23)28-18-6-4-16(5-7-18)20(25)26/h4,6,17,19H,5,7-15H2,1-3H3,(H,25,26). The van der Waals surface area contributed by atoms with E-state index >= 15 is 0 Å². The zero-order valence-corrected chi connectivity index (χ0v) is 17.9. The van der Waals surface area contributed by atoms with Gasteiger partial charge in [-0.1, -0.05) is 0 Å². The van der Waals surface area contributed by atoms with E-state index in [1.165, 1.54) is 0 Å². The van der Waals surface area contributed by atoms with E-state index in [0.29, 0.717) is 24.5 Å². The van der Waals surface area contributed by atoms with Gasteiger partial charge in [0.25, 0.3) is 0 Å². The predicted molar refractivity (Wildman–Crippen MR) is 110 cm³/mol. The highest BCUT2D eigenvalue weighted by Gasteiger charge is 2.32. The first-order chi connectivity index (χ1) is 13.7. The van der Waals surface area contributed by atoms with E-state index in [1.54, 1.807) is 6.08 Å². The molecule has 29 heavy (non-hydrogen) atoms. The van der Waals surface area contributed by atoms with Crippen molar-refractivity contribution in [2.24, 2.45) is 0 Å². The van der Waals surface area contributed by atoms with Gasteiger partial charge in [0.1, 0.15) is 11.7 Å². The van der Waals surface area contributed by atoms with Gasteiger partial charge in [0, 0.05) is 44.2 Å². The van der Waals surface area contributed by atoms with Gasteiger partial charge >= 0.3 is 12.1 Å². The number of carbonyl (C=O) groups is 2. The molecule has 3 rings (SSSR count). The fraction of sp³-hybridized carbons (Fsp3) is 0.727. The second kappa shape index (κ2) is 9.20. The molecule has 0 aromatic rings. The number of piperidine rings is 2. The number of hydrogen-bond donors (Lipinski definition) is 1. The Bertz CT molecular complexity index is 663. The van der Waals surface area contributed by atoms with Gasteiger partial charge in [0.2, 0.25) is 0 Å². The van der Waals surface area contributed by atoms with E-state index in [2.05, 4.69) is 4.90 Å². The Hall–Kier alpha value is -2.02. The maximum atomic E-state index is 12.2. The summed E-state index contributed by atoms with van der Waals surface area (Å²) in [6.07, 6.45) is 8.62. The lowest BCUT2D eigenvalue weighted by Crippen LogP contribution is -2.50. The summed E-state index contributed by atoms with van der Waals surface area (Å²) in [6.45, 7) is 9.20. The molecule has 0 aromatic heterocycles. The van der Waals surface area contributed by atoms with Crippen molar-refractivity contribution >= 4 is 12.1 Å². The molecule has 7 heteroatoms. The number of carboxylic acids is 1. The van der Waals surface area contributed by atoms with Crippen LogP contribution in [0.4, 0.5) is 4.79 Å². The zero-order valence-electron chi connectivity index (χ0n) is 17.9. The molecular formula is C22H34N2O5. The molecule has 1 amide bonds. The molecule has 0 spiro atoms. The largest absolute Gasteiger partial charge is 0.495 e. The summed E-state index contributed by atoms with van der Waals surface area (Å²) in [5, 5.41) is 9.02. The highest BCUT2D eigenvalue weighted by Crippen LogP contribution is 2.27. The maximum Gasteiger partial charge on any atom is 0.410 e. The van der Waals surface area contributed by atoms with Crippen LogP contribution >= 0.6 is 0 Å². The van der Waals surface area contributed by atoms with Gasteiger partial charge in [-0.25, -0.2) is 9.59 Å². The van der Waals surface area contributed by atoms with Gasteiger partial charge < -0.3 is 19.5 Å². The summed E-state index contributed by atoms with van der Waals surface area (Å²) >= 11 is 0. The summed E-state index contributed by atoms with van der Waals surface area (Å²) in [6, 6.07) is 0.518. The van der Waals surface area contributed by atoms with E-state index in [0.717, 1.165) is 57.6 Å². The number of rotatable bonds is 4. The number of amides is 1. The molecule has 0 unspecified atom stereocenters. The number of likely N-dealkylation sites (tertiary alicyclic amines) is 2. The molecule has 2 fully saturated rings. The van der Waals surface area contributed by atoms with Crippen molar-refractivity contribution in [1.82, 2.24) is 9.80 Å². The van der Waals surface area contributed by atoms with Gasteiger partial charge in [-0.15, -0.1) is 0 Å². The topological polar surface area (TPSA) is 79.3 Å². The minimum Gasteiger partial charge on any atom is -0.495 e. The monoisotopic (exact) mass is 406 g/mol. The average Bonchev–Trinajstić information content (AvgIpc) is 2.68. The summed E-state index contributed by atoms with van der Waals surface area (Å²) in [5.74, 6) is 0.0606. The number of hydrogen-bond acceptors (Lipinski definition) is 5. The number of nitrogens with zero attached hydrogens (tertiary/aromatic N) is 2. The highest BCUT2D eigenvalue weighted by molar-refractivity contribution is 5.87. The SMILES string of the molecule is CC(C)(C)OC(=O)N1CCC(N2CCC(OC3=CC=C(C(=O)O)CC3)CC2)CC1. The first-order valence-corrected chi connectivity index (χ1v) is 10.7. The van der Waals surface area contributed by atoms with Crippen molar-refractivity contribution in [1.29, 1.82) is 0 Å². The third-order valence-corrected chi connectivity index (χ3v) is 5.81. The quantitative estimate of drug-likeness (QED) is 0.769. The molecule has 0 saturated carbocycles. The lowest BCUT2D eigenvalue weighted by Gasteiger charge is -2.42. The van der Waals surface area contributed by atoms with Crippen LogP contribution in [0, 0.1) is 0 Å². The summed E-state index contributed by atoms with van der Waals surface area (Å²) < 4.78 is 11.6. The first kappa shape index (κ1) is 21.7. The van der Waals surface area contributed by atoms with Gasteiger partial charge in [-0.05, 0) is 65.0 Å². The maximum absolute atomic E-state index is 12.2. The van der Waals surface area contributed by atoms with Crippen LogP contribution < -0.4 is 0 Å². The lowest BCUT2D eigenvalue weighted by molar-refractivity contribution is -0.132. The highest BCUT2D eigenvalue weighted by atomic mass is 16.6. The van der Waals surface area contributed by atoms with Crippen LogP contribution in [0.2, 0.25) is 0 Å². The van der Waals surface area contributed by atoms with Gasteiger partial charge in [0.15, 0.2) is 0 Å². The fourth-order valence-corrected chi connectivity index (χ4v) is 4.21. The Morgan fingerprint density at radius 3 is 2.17 bits per heavy atom. The van der Waals surface area contributed by atoms with E-state index in [9.17, 15) is 9.59 Å². The molecule has 2 aliphatic heterocycles. The van der Waals surface area contributed by atoms with E-state index < -0.39 is 11.6 Å². The molecule has 2 saturated heterocycles. The third kappa shape index (κ3) is 6.23. The van der Waals surface area contributed by atoms with E-state index in [4.69, 9.17) is 14.6 Å². The third-order valence-electron chi connectivity index (χ3n) is 5.81. The molecule has 162 valence electrons. The van der Waals surface area contributed by atoms with Crippen LogP contribution in [-0.2, 0) is 14.3 Å². The van der Waals surface area contributed by atoms with Crippen molar-refractivity contribution < 1.29 is 24.2 Å². The molecule has 0 bridgehead atoms. The average molecular weight is 407 g/mol. The van der Waals surface area contributed by atoms with Crippen LogP contribution in [0.5, 0.6) is 0 Å². The number of carboxylic acid groups (broad SMARTS) is 1. The van der Waals surface area contributed by atoms with E-state index in [1.807, 2.05) is 31.7 Å². The first-order valence-electron chi connectivity index (χ1n) is 10.7. The Kier molecular flexibility index (Phi) is 6.88. The molecule has 1 aliphatic carbocycles. The van der Waals surface area contributed by atoms with Gasteiger partial charge in [0.05, 0.1) is 5.76 Å². The molecule has 0 radical (unpaired) electrons. The van der Waals surface area contributed by atoms with Crippen LogP contribution in [0.15, 0.2) is 23.5 Å². The van der Waals surface area contributed by atoms with Crippen molar-refractivity contribution in [3.05, 3.63) is 23.5 Å². The van der Waals surface area contributed by atoms with Crippen LogP contribution in [0.1, 0.15) is 59.3 Å². The minimum absolute atomic E-state index is 0.205. The van der Waals surface area contributed by atoms with Crippen molar-refractivity contribution in [2.75, 3.05) is 26.2 Å². The van der Waals surface area contributed by atoms with Gasteiger partial charge in [-0.2, -0.15) is 0 Å². The Morgan fingerprint density at radius 2 is 1.66 bits per heavy atom. The summed E-state index contributed by atoms with van der Waals surface area (Å²) in [4.78, 5) is 27.6. The predicted octanol–water partition coefficient (Wildman–Crippen LogP) is 3.56. The van der Waals surface area contributed by atoms with Crippen LogP contribution in [0.25, 0.3) is 0 Å². The smallest absolute Gasteiger partial charge is 0.410 e. The Labute approximate surface area is 173 Å². The van der Waals surface area contributed by atoms with Crippen LogP contribution in [0.3, 0.4) is 0 Å². The zero-order chi connectivity index (χ0) is 21.0. The number of allylic oxidation sites excluding steroid dienone is 3. The molecule has 7 nitrogen and oxygen atoms in total. The fourth-order valence-electron chi connectivity index (χ4n) is 4.21.